The number of hydrogen-bond donors (Lipinski definition) is 2. The summed E-state index contributed by atoms with van der Waals surface area (Å²) in [6.07, 6.45) is 4.75. The van der Waals surface area contributed by atoms with Gasteiger partial charge in [-0.3, -0.25) is 4.79 Å². The summed E-state index contributed by atoms with van der Waals surface area (Å²) in [6, 6.07) is -0.0221. The number of carboxylic acids is 1. The Morgan fingerprint density at radius 2 is 1.79 bits per heavy atom. The van der Waals surface area contributed by atoms with Gasteiger partial charge in [0.15, 0.2) is 0 Å². The van der Waals surface area contributed by atoms with Gasteiger partial charge in [0.25, 0.3) is 0 Å². The lowest BCUT2D eigenvalue weighted by molar-refractivity contribution is -0.137. The average molecular weight is 272 g/mol. The number of urea groups is 1. The van der Waals surface area contributed by atoms with Gasteiger partial charge in [-0.15, -0.1) is 0 Å². The van der Waals surface area contributed by atoms with E-state index in [2.05, 4.69) is 19.2 Å². The zero-order chi connectivity index (χ0) is 14.7. The molecule has 0 radical (unpaired) electrons. The van der Waals surface area contributed by atoms with Crippen LogP contribution in [0.1, 0.15) is 52.4 Å². The molecule has 112 valence electrons. The number of carbonyl (C=O) groups excluding carboxylic acids is 1. The third kappa shape index (κ3) is 11.6. The van der Waals surface area contributed by atoms with Crippen LogP contribution in [0, 0.1) is 5.92 Å². The molecule has 19 heavy (non-hydrogen) atoms. The van der Waals surface area contributed by atoms with Gasteiger partial charge in [-0.05, 0) is 25.2 Å². The summed E-state index contributed by atoms with van der Waals surface area (Å²) >= 11 is 0. The number of hydrogen-bond acceptors (Lipinski definition) is 2. The van der Waals surface area contributed by atoms with Gasteiger partial charge >= 0.3 is 12.0 Å². The van der Waals surface area contributed by atoms with E-state index in [1.165, 1.54) is 0 Å². The van der Waals surface area contributed by atoms with Gasteiger partial charge < -0.3 is 15.3 Å². The van der Waals surface area contributed by atoms with Gasteiger partial charge in [0.2, 0.25) is 0 Å². The lowest BCUT2D eigenvalue weighted by Gasteiger charge is -2.18. The molecule has 0 atom stereocenters. The number of carbonyl (C=O) groups is 2. The van der Waals surface area contributed by atoms with E-state index in [1.54, 1.807) is 4.90 Å². The maximum Gasteiger partial charge on any atom is 0.317 e. The Labute approximate surface area is 116 Å². The van der Waals surface area contributed by atoms with Gasteiger partial charge in [-0.25, -0.2) is 4.79 Å². The lowest BCUT2D eigenvalue weighted by atomic mass is 10.1. The van der Waals surface area contributed by atoms with Gasteiger partial charge in [0.05, 0.1) is 0 Å². The van der Waals surface area contributed by atoms with Crippen molar-refractivity contribution in [1.29, 1.82) is 0 Å². The number of aliphatic carboxylic acids is 1. The van der Waals surface area contributed by atoms with Gasteiger partial charge in [-0.1, -0.05) is 26.7 Å². The molecule has 5 nitrogen and oxygen atoms in total. The normalized spacial score (nSPS) is 10.5. The smallest absolute Gasteiger partial charge is 0.317 e. The standard InChI is InChI=1S/C14H28N2O3/c1-12(2)9-11-16(3)14(19)15-10-7-5-4-6-8-13(17)18/h12H,4-11H2,1-3H3,(H,15,19)(H,17,18). The molecule has 0 aromatic rings. The molecule has 0 spiro atoms. The van der Waals surface area contributed by atoms with Crippen LogP contribution in [0.15, 0.2) is 0 Å². The molecule has 5 heteroatoms. The van der Waals surface area contributed by atoms with Crippen molar-refractivity contribution in [3.05, 3.63) is 0 Å². The van der Waals surface area contributed by atoms with Crippen LogP contribution in [0.3, 0.4) is 0 Å². The first kappa shape index (κ1) is 17.7. The first-order valence-corrected chi connectivity index (χ1v) is 7.14. The predicted octanol–water partition coefficient (Wildman–Crippen LogP) is 2.71. The van der Waals surface area contributed by atoms with Crippen LogP contribution in [0.2, 0.25) is 0 Å². The van der Waals surface area contributed by atoms with E-state index in [-0.39, 0.29) is 12.5 Å². The maximum absolute atomic E-state index is 11.7. The highest BCUT2D eigenvalue weighted by molar-refractivity contribution is 5.73. The van der Waals surface area contributed by atoms with Crippen molar-refractivity contribution >= 4 is 12.0 Å². The Balaban J connectivity index is 3.44. The molecular weight excluding hydrogens is 244 g/mol. The average Bonchev–Trinajstić information content (AvgIpc) is 2.33. The summed E-state index contributed by atoms with van der Waals surface area (Å²) in [5.41, 5.74) is 0. The van der Waals surface area contributed by atoms with E-state index >= 15 is 0 Å². The van der Waals surface area contributed by atoms with E-state index in [9.17, 15) is 9.59 Å². The summed E-state index contributed by atoms with van der Waals surface area (Å²) in [4.78, 5) is 23.7. The first-order chi connectivity index (χ1) is 8.93. The highest BCUT2D eigenvalue weighted by atomic mass is 16.4. The van der Waals surface area contributed by atoms with E-state index < -0.39 is 5.97 Å². The maximum atomic E-state index is 11.7. The fourth-order valence-electron chi connectivity index (χ4n) is 1.64. The SMILES string of the molecule is CC(C)CCN(C)C(=O)NCCCCCCC(=O)O. The van der Waals surface area contributed by atoms with Crippen molar-refractivity contribution in [3.63, 3.8) is 0 Å². The Morgan fingerprint density at radius 3 is 2.37 bits per heavy atom. The second-order valence-corrected chi connectivity index (χ2v) is 5.39. The van der Waals surface area contributed by atoms with E-state index in [0.717, 1.165) is 38.6 Å². The van der Waals surface area contributed by atoms with Crippen LogP contribution < -0.4 is 5.32 Å². The Bertz CT molecular complexity index is 267. The van der Waals surface area contributed by atoms with Crippen LogP contribution in [-0.4, -0.2) is 42.1 Å². The van der Waals surface area contributed by atoms with Crippen molar-refractivity contribution in [1.82, 2.24) is 10.2 Å². The van der Waals surface area contributed by atoms with Gasteiger partial charge in [-0.2, -0.15) is 0 Å². The minimum absolute atomic E-state index is 0.0221. The molecular formula is C14H28N2O3. The van der Waals surface area contributed by atoms with Crippen molar-refractivity contribution < 1.29 is 14.7 Å². The molecule has 0 saturated heterocycles. The molecule has 0 saturated carbocycles. The Morgan fingerprint density at radius 1 is 1.16 bits per heavy atom. The van der Waals surface area contributed by atoms with E-state index in [1.807, 2.05) is 7.05 Å². The zero-order valence-corrected chi connectivity index (χ0v) is 12.4. The third-order valence-electron chi connectivity index (χ3n) is 2.98. The molecule has 0 unspecified atom stereocenters. The van der Waals surface area contributed by atoms with Crippen LogP contribution in [0.4, 0.5) is 4.79 Å². The molecule has 0 fully saturated rings. The zero-order valence-electron chi connectivity index (χ0n) is 12.4. The summed E-state index contributed by atoms with van der Waals surface area (Å²) in [7, 11) is 1.81. The molecule has 0 rings (SSSR count). The van der Waals surface area contributed by atoms with E-state index in [0.29, 0.717) is 12.5 Å². The predicted molar refractivity (Wildman–Crippen MR) is 76.2 cm³/mol. The van der Waals surface area contributed by atoms with Gasteiger partial charge in [0.1, 0.15) is 0 Å². The molecule has 0 heterocycles. The number of nitrogens with one attached hydrogen (secondary N) is 1. The highest BCUT2D eigenvalue weighted by Gasteiger charge is 2.07. The largest absolute Gasteiger partial charge is 0.481 e. The molecule has 0 aliphatic carbocycles. The molecule has 0 aliphatic rings. The van der Waals surface area contributed by atoms with Crippen LogP contribution in [-0.2, 0) is 4.79 Å². The van der Waals surface area contributed by atoms with Crippen molar-refractivity contribution in [2.24, 2.45) is 5.92 Å². The highest BCUT2D eigenvalue weighted by Crippen LogP contribution is 2.03. The summed E-state index contributed by atoms with van der Waals surface area (Å²) in [5.74, 6) is -0.135. The Hall–Kier alpha value is -1.26. The topological polar surface area (TPSA) is 69.6 Å². The minimum atomic E-state index is -0.736. The fourth-order valence-corrected chi connectivity index (χ4v) is 1.64. The number of unbranched alkanes of at least 4 members (excludes halogenated alkanes) is 3. The molecule has 2 amide bonds. The molecule has 0 aromatic carbocycles. The molecule has 0 aliphatic heterocycles. The number of carboxylic acid groups (broad SMARTS) is 1. The van der Waals surface area contributed by atoms with Crippen molar-refractivity contribution in [2.45, 2.75) is 52.4 Å². The quantitative estimate of drug-likeness (QED) is 0.601. The number of nitrogens with zero attached hydrogens (tertiary/aromatic N) is 1. The fraction of sp³-hybridized carbons (Fsp3) is 0.857. The lowest BCUT2D eigenvalue weighted by Crippen LogP contribution is -2.38. The number of rotatable bonds is 10. The van der Waals surface area contributed by atoms with Crippen molar-refractivity contribution in [2.75, 3.05) is 20.1 Å². The third-order valence-corrected chi connectivity index (χ3v) is 2.98. The second-order valence-electron chi connectivity index (χ2n) is 5.39. The summed E-state index contributed by atoms with van der Waals surface area (Å²) in [5, 5.41) is 11.4. The summed E-state index contributed by atoms with van der Waals surface area (Å²) < 4.78 is 0. The van der Waals surface area contributed by atoms with Crippen LogP contribution in [0.5, 0.6) is 0 Å². The molecule has 0 aromatic heterocycles. The van der Waals surface area contributed by atoms with Gasteiger partial charge in [0, 0.05) is 26.6 Å². The first-order valence-electron chi connectivity index (χ1n) is 7.14. The second kappa shape index (κ2) is 10.6. The Kier molecular flexibility index (Phi) is 9.94. The minimum Gasteiger partial charge on any atom is -0.481 e. The van der Waals surface area contributed by atoms with E-state index in [4.69, 9.17) is 5.11 Å². The van der Waals surface area contributed by atoms with Crippen molar-refractivity contribution in [3.8, 4) is 0 Å². The molecule has 0 bridgehead atoms. The monoisotopic (exact) mass is 272 g/mol. The van der Waals surface area contributed by atoms with Crippen LogP contribution >= 0.6 is 0 Å². The van der Waals surface area contributed by atoms with Crippen LogP contribution in [0.25, 0.3) is 0 Å². The molecule has 2 N–H and O–H groups in total. The number of amides is 2. The summed E-state index contributed by atoms with van der Waals surface area (Å²) in [6.45, 7) is 5.73.